The number of thioether (sulfide) groups is 1. The van der Waals surface area contributed by atoms with Crippen LogP contribution in [0.15, 0.2) is 29.2 Å². The maximum absolute atomic E-state index is 2.80. The summed E-state index contributed by atoms with van der Waals surface area (Å²) >= 11 is 1.82. The van der Waals surface area contributed by atoms with Crippen LogP contribution in [0.2, 0.25) is 0 Å². The van der Waals surface area contributed by atoms with E-state index in [1.165, 1.54) is 55.9 Å². The first-order valence-electron chi connectivity index (χ1n) is 9.23. The van der Waals surface area contributed by atoms with Gasteiger partial charge in [0.25, 0.3) is 0 Å². The summed E-state index contributed by atoms with van der Waals surface area (Å²) in [4.78, 5) is 6.80. The molecule has 0 radical (unpaired) electrons. The van der Waals surface area contributed by atoms with Gasteiger partial charge in [-0.25, -0.2) is 0 Å². The van der Waals surface area contributed by atoms with Gasteiger partial charge in [-0.15, -0.1) is 11.8 Å². The van der Waals surface area contributed by atoms with E-state index in [9.17, 15) is 0 Å². The first-order chi connectivity index (χ1) is 11.1. The lowest BCUT2D eigenvalue weighted by atomic mass is 9.89. The Kier molecular flexibility index (Phi) is 6.06. The summed E-state index contributed by atoms with van der Waals surface area (Å²) in [5.74, 6) is 1.76. The molecule has 0 unspecified atom stereocenters. The standard InChI is InChI=1S/C20H32N2S/c1-16-12-17(2)14-22(13-16)19-8-10-21(11-9-19)15-18-4-6-20(23-3)7-5-18/h4-7,16-17,19H,8-15H2,1-3H3/t16-,17+. The number of rotatable bonds is 4. The predicted molar refractivity (Wildman–Crippen MR) is 101 cm³/mol. The van der Waals surface area contributed by atoms with Gasteiger partial charge in [-0.3, -0.25) is 9.80 Å². The molecule has 0 N–H and O–H groups in total. The lowest BCUT2D eigenvalue weighted by molar-refractivity contribution is 0.0530. The summed E-state index contributed by atoms with van der Waals surface area (Å²) in [5.41, 5.74) is 1.46. The van der Waals surface area contributed by atoms with Gasteiger partial charge in [0, 0.05) is 30.6 Å². The van der Waals surface area contributed by atoms with Crippen LogP contribution in [0.25, 0.3) is 0 Å². The Morgan fingerprint density at radius 3 is 2.17 bits per heavy atom. The summed E-state index contributed by atoms with van der Waals surface area (Å²) < 4.78 is 0. The van der Waals surface area contributed by atoms with Gasteiger partial charge in [-0.1, -0.05) is 26.0 Å². The number of hydrogen-bond donors (Lipinski definition) is 0. The fourth-order valence-electron chi connectivity index (χ4n) is 4.44. The van der Waals surface area contributed by atoms with E-state index in [0.29, 0.717) is 0 Å². The zero-order chi connectivity index (χ0) is 16.2. The minimum Gasteiger partial charge on any atom is -0.300 e. The molecule has 2 saturated heterocycles. The Labute approximate surface area is 146 Å². The maximum atomic E-state index is 2.80. The second kappa shape index (κ2) is 8.04. The molecule has 0 aliphatic carbocycles. The first-order valence-corrected chi connectivity index (χ1v) is 10.5. The van der Waals surface area contributed by atoms with Crippen LogP contribution in [0.5, 0.6) is 0 Å². The van der Waals surface area contributed by atoms with E-state index in [1.54, 1.807) is 0 Å². The largest absolute Gasteiger partial charge is 0.300 e. The molecule has 2 atom stereocenters. The summed E-state index contributed by atoms with van der Waals surface area (Å²) in [5, 5.41) is 0. The molecule has 0 aromatic heterocycles. The predicted octanol–water partition coefficient (Wildman–Crippen LogP) is 4.35. The van der Waals surface area contributed by atoms with Crippen LogP contribution >= 0.6 is 11.8 Å². The van der Waals surface area contributed by atoms with Crippen molar-refractivity contribution in [3.63, 3.8) is 0 Å². The van der Waals surface area contributed by atoms with Gasteiger partial charge in [0.05, 0.1) is 0 Å². The molecule has 2 aliphatic rings. The van der Waals surface area contributed by atoms with Crippen molar-refractivity contribution in [3.05, 3.63) is 29.8 Å². The van der Waals surface area contributed by atoms with Crippen LogP contribution in [0.3, 0.4) is 0 Å². The number of likely N-dealkylation sites (tertiary alicyclic amines) is 2. The van der Waals surface area contributed by atoms with Gasteiger partial charge in [0.1, 0.15) is 0 Å². The molecule has 3 heteroatoms. The van der Waals surface area contributed by atoms with Crippen molar-refractivity contribution in [1.82, 2.24) is 9.80 Å². The monoisotopic (exact) mass is 332 g/mol. The van der Waals surface area contributed by atoms with Crippen molar-refractivity contribution in [2.45, 2.75) is 50.6 Å². The second-order valence-corrected chi connectivity index (χ2v) is 8.63. The molecule has 0 amide bonds. The van der Waals surface area contributed by atoms with Gasteiger partial charge in [-0.05, 0) is 68.1 Å². The van der Waals surface area contributed by atoms with Crippen LogP contribution in [0, 0.1) is 11.8 Å². The first kappa shape index (κ1) is 17.3. The molecule has 2 nitrogen and oxygen atoms in total. The van der Waals surface area contributed by atoms with Crippen LogP contribution in [-0.2, 0) is 6.54 Å². The molecule has 3 rings (SSSR count). The van der Waals surface area contributed by atoms with E-state index < -0.39 is 0 Å². The van der Waals surface area contributed by atoms with Gasteiger partial charge in [-0.2, -0.15) is 0 Å². The summed E-state index contributed by atoms with van der Waals surface area (Å²) in [7, 11) is 0. The number of benzene rings is 1. The third kappa shape index (κ3) is 4.74. The molecule has 2 heterocycles. The Morgan fingerprint density at radius 2 is 1.61 bits per heavy atom. The highest BCUT2D eigenvalue weighted by molar-refractivity contribution is 7.98. The highest BCUT2D eigenvalue weighted by Crippen LogP contribution is 2.27. The Morgan fingerprint density at radius 1 is 1.00 bits per heavy atom. The van der Waals surface area contributed by atoms with E-state index in [2.05, 4.69) is 54.2 Å². The van der Waals surface area contributed by atoms with Crippen LogP contribution in [0.1, 0.15) is 38.7 Å². The van der Waals surface area contributed by atoms with Gasteiger partial charge in [0.2, 0.25) is 0 Å². The van der Waals surface area contributed by atoms with Crippen molar-refractivity contribution >= 4 is 11.8 Å². The normalized spacial score (nSPS) is 28.1. The highest BCUT2D eigenvalue weighted by atomic mass is 32.2. The SMILES string of the molecule is CSc1ccc(CN2CCC(N3C[C@H](C)C[C@H](C)C3)CC2)cc1. The van der Waals surface area contributed by atoms with Crippen molar-refractivity contribution < 1.29 is 0 Å². The Balaban J connectivity index is 1.48. The average Bonchev–Trinajstić information content (AvgIpc) is 2.55. The third-order valence-electron chi connectivity index (χ3n) is 5.54. The lowest BCUT2D eigenvalue weighted by Crippen LogP contribution is -2.49. The van der Waals surface area contributed by atoms with E-state index in [0.717, 1.165) is 24.4 Å². The molecule has 1 aromatic rings. The van der Waals surface area contributed by atoms with E-state index in [-0.39, 0.29) is 0 Å². The molecular weight excluding hydrogens is 300 g/mol. The zero-order valence-electron chi connectivity index (χ0n) is 15.0. The highest BCUT2D eigenvalue weighted by Gasteiger charge is 2.29. The molecule has 2 aliphatic heterocycles. The molecule has 1 aromatic carbocycles. The van der Waals surface area contributed by atoms with Gasteiger partial charge in [0.15, 0.2) is 0 Å². The van der Waals surface area contributed by atoms with Gasteiger partial charge < -0.3 is 0 Å². The molecule has 0 saturated carbocycles. The van der Waals surface area contributed by atoms with E-state index >= 15 is 0 Å². The smallest absolute Gasteiger partial charge is 0.0233 e. The molecule has 23 heavy (non-hydrogen) atoms. The molecule has 0 bridgehead atoms. The molecular formula is C20H32N2S. The van der Waals surface area contributed by atoms with Gasteiger partial charge >= 0.3 is 0 Å². The minimum atomic E-state index is 0.829. The Hall–Kier alpha value is -0.510. The van der Waals surface area contributed by atoms with Crippen LogP contribution < -0.4 is 0 Å². The molecule has 0 spiro atoms. The topological polar surface area (TPSA) is 6.48 Å². The molecule has 128 valence electrons. The number of piperidine rings is 2. The van der Waals surface area contributed by atoms with Crippen molar-refractivity contribution in [2.24, 2.45) is 11.8 Å². The lowest BCUT2D eigenvalue weighted by Gasteiger charge is -2.43. The maximum Gasteiger partial charge on any atom is 0.0233 e. The number of nitrogens with zero attached hydrogens (tertiary/aromatic N) is 2. The molecule has 2 fully saturated rings. The fourth-order valence-corrected chi connectivity index (χ4v) is 4.85. The quantitative estimate of drug-likeness (QED) is 0.757. The van der Waals surface area contributed by atoms with Crippen LogP contribution in [-0.4, -0.2) is 48.3 Å². The summed E-state index contributed by atoms with van der Waals surface area (Å²) in [6.45, 7) is 11.1. The van der Waals surface area contributed by atoms with Crippen molar-refractivity contribution in [1.29, 1.82) is 0 Å². The van der Waals surface area contributed by atoms with Crippen LogP contribution in [0.4, 0.5) is 0 Å². The third-order valence-corrected chi connectivity index (χ3v) is 6.28. The second-order valence-electron chi connectivity index (χ2n) is 7.76. The number of hydrogen-bond acceptors (Lipinski definition) is 3. The van der Waals surface area contributed by atoms with E-state index in [1.807, 2.05) is 11.8 Å². The Bertz CT molecular complexity index is 469. The van der Waals surface area contributed by atoms with Crippen molar-refractivity contribution in [2.75, 3.05) is 32.4 Å². The van der Waals surface area contributed by atoms with Crippen molar-refractivity contribution in [3.8, 4) is 0 Å². The zero-order valence-corrected chi connectivity index (χ0v) is 15.8. The fraction of sp³-hybridized carbons (Fsp3) is 0.700. The minimum absolute atomic E-state index is 0.829. The van der Waals surface area contributed by atoms with E-state index in [4.69, 9.17) is 0 Å². The summed E-state index contributed by atoms with van der Waals surface area (Å²) in [6.07, 6.45) is 6.26. The summed E-state index contributed by atoms with van der Waals surface area (Å²) in [6, 6.07) is 9.93. The average molecular weight is 333 g/mol.